The standard InChI is InChI=1S/C31H34N2O2S/c1-21(2)20-35-28-18-17-23(25-14-8-9-15-26(25)28)19-29-30(34)33(27-16-10-7-11-22(27)3)31(36-29)32-24-12-5-4-6-13-24/h4-6,8-9,12-15,17-19,21-22,27H,7,10-11,16,20H2,1-3H3/b29-19-,32-31?/t22-,27-/m0/s1. The SMILES string of the molecule is CC(C)COc1ccc(/C=C2\SC(=Nc3ccccc3)N([C@H]3CCCC[C@@H]3C)C2=O)c2ccccc12. The normalized spacial score (nSPS) is 22.8. The van der Waals surface area contributed by atoms with Crippen LogP contribution >= 0.6 is 11.8 Å². The number of hydrogen-bond donors (Lipinski definition) is 0. The second-order valence-electron chi connectivity index (χ2n) is 10.2. The van der Waals surface area contributed by atoms with E-state index < -0.39 is 0 Å². The maximum Gasteiger partial charge on any atom is 0.267 e. The van der Waals surface area contributed by atoms with Crippen LogP contribution in [0.2, 0.25) is 0 Å². The van der Waals surface area contributed by atoms with E-state index in [1.54, 1.807) is 0 Å². The van der Waals surface area contributed by atoms with Gasteiger partial charge in [0.05, 0.1) is 17.2 Å². The molecule has 2 atom stereocenters. The number of amidine groups is 1. The van der Waals surface area contributed by atoms with Crippen molar-refractivity contribution in [3.05, 3.63) is 77.2 Å². The molecule has 0 radical (unpaired) electrons. The second kappa shape index (κ2) is 10.9. The third-order valence-electron chi connectivity index (χ3n) is 6.99. The molecule has 2 fully saturated rings. The van der Waals surface area contributed by atoms with E-state index in [-0.39, 0.29) is 11.9 Å². The number of hydrogen-bond acceptors (Lipinski definition) is 4. The summed E-state index contributed by atoms with van der Waals surface area (Å²) in [4.78, 5) is 21.5. The van der Waals surface area contributed by atoms with Gasteiger partial charge in [0.2, 0.25) is 0 Å². The van der Waals surface area contributed by atoms with Crippen LogP contribution in [0.1, 0.15) is 52.0 Å². The third-order valence-corrected chi connectivity index (χ3v) is 7.98. The van der Waals surface area contributed by atoms with Gasteiger partial charge in [-0.2, -0.15) is 0 Å². The van der Waals surface area contributed by atoms with Gasteiger partial charge in [-0.15, -0.1) is 0 Å². The van der Waals surface area contributed by atoms with Gasteiger partial charge in [0.1, 0.15) is 5.75 Å². The van der Waals surface area contributed by atoms with Crippen molar-refractivity contribution >= 4 is 45.4 Å². The molecule has 1 heterocycles. The van der Waals surface area contributed by atoms with Crippen LogP contribution in [-0.4, -0.2) is 28.6 Å². The molecule has 2 aliphatic rings. The predicted molar refractivity (Wildman–Crippen MR) is 152 cm³/mol. The van der Waals surface area contributed by atoms with E-state index in [9.17, 15) is 4.79 Å². The first-order valence-electron chi connectivity index (χ1n) is 13.0. The fraction of sp³-hybridized carbons (Fsp3) is 0.355. The van der Waals surface area contributed by atoms with Gasteiger partial charge >= 0.3 is 0 Å². The first-order valence-corrected chi connectivity index (χ1v) is 13.8. The summed E-state index contributed by atoms with van der Waals surface area (Å²) in [6.07, 6.45) is 6.61. The zero-order chi connectivity index (χ0) is 25.1. The molecule has 1 amide bonds. The van der Waals surface area contributed by atoms with Crippen LogP contribution in [0.3, 0.4) is 0 Å². The summed E-state index contributed by atoms with van der Waals surface area (Å²) in [6, 6.07) is 22.5. The number of aliphatic imine (C=N–C) groups is 1. The highest BCUT2D eigenvalue weighted by molar-refractivity contribution is 8.18. The molecule has 1 aliphatic heterocycles. The minimum absolute atomic E-state index is 0.0673. The Balaban J connectivity index is 1.54. The van der Waals surface area contributed by atoms with Crippen molar-refractivity contribution in [1.29, 1.82) is 0 Å². The molecular formula is C31H34N2O2S. The van der Waals surface area contributed by atoms with E-state index >= 15 is 0 Å². The fourth-order valence-corrected chi connectivity index (χ4v) is 6.13. The van der Waals surface area contributed by atoms with Gasteiger partial charge < -0.3 is 4.74 Å². The minimum Gasteiger partial charge on any atom is -0.493 e. The Labute approximate surface area is 218 Å². The van der Waals surface area contributed by atoms with Crippen molar-refractivity contribution in [2.75, 3.05) is 6.61 Å². The second-order valence-corrected chi connectivity index (χ2v) is 11.3. The molecule has 0 spiro atoms. The topological polar surface area (TPSA) is 41.9 Å². The first kappa shape index (κ1) is 24.6. The monoisotopic (exact) mass is 498 g/mol. The molecule has 3 aromatic rings. The Morgan fingerprint density at radius 3 is 2.47 bits per heavy atom. The maximum absolute atomic E-state index is 13.9. The van der Waals surface area contributed by atoms with E-state index in [4.69, 9.17) is 9.73 Å². The quantitative estimate of drug-likeness (QED) is 0.323. The van der Waals surface area contributed by atoms with Gasteiger partial charge in [0, 0.05) is 11.4 Å². The number of amides is 1. The van der Waals surface area contributed by atoms with Gasteiger partial charge in [0.15, 0.2) is 5.17 Å². The number of ether oxygens (including phenoxy) is 1. The fourth-order valence-electron chi connectivity index (χ4n) is 5.09. The Morgan fingerprint density at radius 1 is 1.00 bits per heavy atom. The van der Waals surface area contributed by atoms with Gasteiger partial charge in [-0.3, -0.25) is 9.69 Å². The van der Waals surface area contributed by atoms with E-state index in [1.807, 2.05) is 59.5 Å². The summed E-state index contributed by atoms with van der Waals surface area (Å²) in [5.41, 5.74) is 1.90. The van der Waals surface area contributed by atoms with Crippen LogP contribution in [0.5, 0.6) is 5.75 Å². The maximum atomic E-state index is 13.9. The highest BCUT2D eigenvalue weighted by atomic mass is 32.2. The number of nitrogens with zero attached hydrogens (tertiary/aromatic N) is 2. The number of carbonyl (C=O) groups excluding carboxylic acids is 1. The lowest BCUT2D eigenvalue weighted by molar-refractivity contribution is -0.124. The molecule has 4 nitrogen and oxygen atoms in total. The van der Waals surface area contributed by atoms with Crippen LogP contribution < -0.4 is 4.74 Å². The molecule has 0 N–H and O–H groups in total. The summed E-state index contributed by atoms with van der Waals surface area (Å²) in [5, 5.41) is 2.95. The van der Waals surface area contributed by atoms with Gasteiger partial charge in [-0.25, -0.2) is 4.99 Å². The van der Waals surface area contributed by atoms with E-state index in [1.165, 1.54) is 18.2 Å². The molecule has 1 saturated carbocycles. The summed E-state index contributed by atoms with van der Waals surface area (Å²) in [6.45, 7) is 7.24. The Bertz CT molecular complexity index is 1300. The largest absolute Gasteiger partial charge is 0.493 e. The Kier molecular flexibility index (Phi) is 7.47. The van der Waals surface area contributed by atoms with E-state index in [0.717, 1.165) is 57.1 Å². The van der Waals surface area contributed by atoms with Crippen LogP contribution in [0.25, 0.3) is 16.8 Å². The number of fused-ring (bicyclic) bond motifs is 1. The number of para-hydroxylation sites is 1. The zero-order valence-electron chi connectivity index (χ0n) is 21.3. The predicted octanol–water partition coefficient (Wildman–Crippen LogP) is 8.06. The van der Waals surface area contributed by atoms with Crippen LogP contribution in [0, 0.1) is 11.8 Å². The molecule has 5 heteroatoms. The molecule has 0 unspecified atom stereocenters. The van der Waals surface area contributed by atoms with Crippen molar-refractivity contribution < 1.29 is 9.53 Å². The highest BCUT2D eigenvalue weighted by Gasteiger charge is 2.41. The molecule has 0 aromatic heterocycles. The molecule has 3 aromatic carbocycles. The summed E-state index contributed by atoms with van der Waals surface area (Å²) in [5.74, 6) is 1.86. The zero-order valence-corrected chi connectivity index (χ0v) is 22.1. The van der Waals surface area contributed by atoms with Crippen LogP contribution in [0.15, 0.2) is 76.6 Å². The number of carbonyl (C=O) groups is 1. The van der Waals surface area contributed by atoms with E-state index in [0.29, 0.717) is 18.4 Å². The minimum atomic E-state index is 0.0673. The average Bonchev–Trinajstić information content (AvgIpc) is 3.18. The van der Waals surface area contributed by atoms with Gasteiger partial charge in [-0.05, 0) is 71.7 Å². The molecular weight excluding hydrogens is 464 g/mol. The van der Waals surface area contributed by atoms with Crippen molar-refractivity contribution in [3.63, 3.8) is 0 Å². The van der Waals surface area contributed by atoms with Crippen LogP contribution in [0.4, 0.5) is 5.69 Å². The Hall–Kier alpha value is -3.05. The van der Waals surface area contributed by atoms with Crippen molar-refractivity contribution in [2.24, 2.45) is 16.8 Å². The number of thioether (sulfide) groups is 1. The number of benzene rings is 3. The third kappa shape index (κ3) is 5.22. The van der Waals surface area contributed by atoms with Crippen molar-refractivity contribution in [3.8, 4) is 5.75 Å². The summed E-state index contributed by atoms with van der Waals surface area (Å²) < 4.78 is 6.10. The van der Waals surface area contributed by atoms with Crippen LogP contribution in [-0.2, 0) is 4.79 Å². The van der Waals surface area contributed by atoms with E-state index in [2.05, 4.69) is 39.0 Å². The van der Waals surface area contributed by atoms with Gasteiger partial charge in [0.25, 0.3) is 5.91 Å². The molecule has 1 aliphatic carbocycles. The summed E-state index contributed by atoms with van der Waals surface area (Å²) in [7, 11) is 0. The lowest BCUT2D eigenvalue weighted by atomic mass is 9.85. The average molecular weight is 499 g/mol. The highest BCUT2D eigenvalue weighted by Crippen LogP contribution is 2.41. The molecule has 1 saturated heterocycles. The lowest BCUT2D eigenvalue weighted by Crippen LogP contribution is -2.44. The molecule has 186 valence electrons. The molecule has 36 heavy (non-hydrogen) atoms. The Morgan fingerprint density at radius 2 is 1.72 bits per heavy atom. The first-order chi connectivity index (χ1) is 17.5. The summed E-state index contributed by atoms with van der Waals surface area (Å²) >= 11 is 1.50. The molecule has 0 bridgehead atoms. The lowest BCUT2D eigenvalue weighted by Gasteiger charge is -2.35. The smallest absolute Gasteiger partial charge is 0.267 e. The van der Waals surface area contributed by atoms with Crippen molar-refractivity contribution in [1.82, 2.24) is 4.90 Å². The number of rotatable bonds is 6. The van der Waals surface area contributed by atoms with Crippen molar-refractivity contribution in [2.45, 2.75) is 52.5 Å². The molecule has 5 rings (SSSR count). The van der Waals surface area contributed by atoms with Gasteiger partial charge in [-0.1, -0.05) is 82.1 Å².